The number of anilines is 1. The smallest absolute Gasteiger partial charge is 0.243 e. The maximum absolute atomic E-state index is 11.8. The molecule has 3 N–H and O–H groups in total. The predicted octanol–water partition coefficient (Wildman–Crippen LogP) is 2.46. The van der Waals surface area contributed by atoms with Crippen LogP contribution in [-0.4, -0.2) is 30.6 Å². The normalized spacial score (nSPS) is 12.8. The van der Waals surface area contributed by atoms with Crippen LogP contribution >= 0.6 is 12.4 Å². The second-order valence-corrected chi connectivity index (χ2v) is 6.00. The highest BCUT2D eigenvalue weighted by Crippen LogP contribution is 2.27. The van der Waals surface area contributed by atoms with E-state index in [1.165, 1.54) is 7.11 Å². The zero-order valence-electron chi connectivity index (χ0n) is 13.2. The van der Waals surface area contributed by atoms with E-state index in [2.05, 4.69) is 10.3 Å². The Kier molecular flexibility index (Phi) is 5.93. The maximum atomic E-state index is 11.8. The van der Waals surface area contributed by atoms with E-state index in [9.17, 15) is 4.79 Å². The molecule has 1 aromatic carbocycles. The third-order valence-electron chi connectivity index (χ3n) is 2.98. The number of carbonyl (C=O) groups excluding carboxylic acids is 1. The Balaban J connectivity index is 0.00000242. The molecule has 0 saturated carbocycles. The first-order valence-electron chi connectivity index (χ1n) is 6.77. The number of hydrogen-bond acceptors (Lipinski definition) is 5. The SMILES string of the molecule is COCC(N)C(=O)Nc1ccc2oc(C(C)(C)C)nc2c1.Cl. The monoisotopic (exact) mass is 327 g/mol. The molecule has 122 valence electrons. The third-order valence-corrected chi connectivity index (χ3v) is 2.98. The number of nitrogens with one attached hydrogen (secondary N) is 1. The van der Waals surface area contributed by atoms with Gasteiger partial charge in [0.05, 0.1) is 6.61 Å². The quantitative estimate of drug-likeness (QED) is 0.900. The number of aromatic nitrogens is 1. The van der Waals surface area contributed by atoms with Crippen molar-refractivity contribution >= 4 is 35.1 Å². The Labute approximate surface area is 135 Å². The zero-order chi connectivity index (χ0) is 15.6. The van der Waals surface area contributed by atoms with Gasteiger partial charge in [0.1, 0.15) is 11.6 Å². The number of carbonyl (C=O) groups is 1. The zero-order valence-corrected chi connectivity index (χ0v) is 14.0. The first-order valence-corrected chi connectivity index (χ1v) is 6.77. The molecule has 0 bridgehead atoms. The van der Waals surface area contributed by atoms with Gasteiger partial charge in [0.25, 0.3) is 0 Å². The van der Waals surface area contributed by atoms with Crippen molar-refractivity contribution in [2.24, 2.45) is 5.73 Å². The molecular weight excluding hydrogens is 306 g/mol. The Hall–Kier alpha value is -1.63. The molecule has 0 radical (unpaired) electrons. The van der Waals surface area contributed by atoms with E-state index in [1.54, 1.807) is 18.2 Å². The Bertz CT molecular complexity index is 649. The van der Waals surface area contributed by atoms with Crippen LogP contribution in [0.1, 0.15) is 26.7 Å². The average molecular weight is 328 g/mol. The summed E-state index contributed by atoms with van der Waals surface area (Å²) in [5, 5.41) is 2.74. The van der Waals surface area contributed by atoms with E-state index in [1.807, 2.05) is 20.8 Å². The highest BCUT2D eigenvalue weighted by molar-refractivity contribution is 5.96. The van der Waals surface area contributed by atoms with Crippen molar-refractivity contribution in [3.63, 3.8) is 0 Å². The van der Waals surface area contributed by atoms with E-state index in [0.717, 1.165) is 0 Å². The molecular formula is C15H22ClN3O3. The largest absolute Gasteiger partial charge is 0.440 e. The van der Waals surface area contributed by atoms with Crippen LogP contribution < -0.4 is 11.1 Å². The number of rotatable bonds is 4. The van der Waals surface area contributed by atoms with Crippen molar-refractivity contribution in [1.82, 2.24) is 4.98 Å². The highest BCUT2D eigenvalue weighted by atomic mass is 35.5. The number of ether oxygens (including phenoxy) is 1. The number of hydrogen-bond donors (Lipinski definition) is 2. The van der Waals surface area contributed by atoms with Gasteiger partial charge in [-0.05, 0) is 18.2 Å². The first kappa shape index (κ1) is 18.4. The molecule has 1 unspecified atom stereocenters. The standard InChI is InChI=1S/C15H21N3O3.ClH/c1-15(2,3)14-18-11-7-9(5-6-12(11)21-14)17-13(19)10(16)8-20-4;/h5-7,10H,8,16H2,1-4H3,(H,17,19);1H. The van der Waals surface area contributed by atoms with Gasteiger partial charge in [-0.2, -0.15) is 0 Å². The van der Waals surface area contributed by atoms with E-state index < -0.39 is 6.04 Å². The van der Waals surface area contributed by atoms with Crippen LogP contribution in [0.15, 0.2) is 22.6 Å². The van der Waals surface area contributed by atoms with E-state index in [-0.39, 0.29) is 30.3 Å². The lowest BCUT2D eigenvalue weighted by molar-refractivity contribution is -0.118. The molecule has 0 aliphatic rings. The number of oxazole rings is 1. The second-order valence-electron chi connectivity index (χ2n) is 6.00. The fraction of sp³-hybridized carbons (Fsp3) is 0.467. The Morgan fingerprint density at radius 1 is 1.45 bits per heavy atom. The van der Waals surface area contributed by atoms with E-state index in [4.69, 9.17) is 14.9 Å². The minimum Gasteiger partial charge on any atom is -0.440 e. The van der Waals surface area contributed by atoms with Crippen molar-refractivity contribution in [2.75, 3.05) is 19.0 Å². The summed E-state index contributed by atoms with van der Waals surface area (Å²) >= 11 is 0. The summed E-state index contributed by atoms with van der Waals surface area (Å²) in [6.07, 6.45) is 0. The van der Waals surface area contributed by atoms with Gasteiger partial charge in [-0.25, -0.2) is 4.98 Å². The van der Waals surface area contributed by atoms with Gasteiger partial charge < -0.3 is 20.2 Å². The lowest BCUT2D eigenvalue weighted by Crippen LogP contribution is -2.39. The van der Waals surface area contributed by atoms with Gasteiger partial charge in [0.15, 0.2) is 5.58 Å². The summed E-state index contributed by atoms with van der Waals surface area (Å²) < 4.78 is 10.6. The number of methoxy groups -OCH3 is 1. The first-order chi connectivity index (χ1) is 9.81. The van der Waals surface area contributed by atoms with Gasteiger partial charge >= 0.3 is 0 Å². The maximum Gasteiger partial charge on any atom is 0.243 e. The highest BCUT2D eigenvalue weighted by Gasteiger charge is 2.21. The molecule has 0 saturated heterocycles. The molecule has 1 heterocycles. The molecule has 6 nitrogen and oxygen atoms in total. The number of nitrogens with zero attached hydrogens (tertiary/aromatic N) is 1. The van der Waals surface area contributed by atoms with Crippen molar-refractivity contribution < 1.29 is 13.9 Å². The van der Waals surface area contributed by atoms with Gasteiger partial charge in [0.2, 0.25) is 11.8 Å². The van der Waals surface area contributed by atoms with Gasteiger partial charge in [-0.3, -0.25) is 4.79 Å². The minimum atomic E-state index is -0.701. The fourth-order valence-corrected chi connectivity index (χ4v) is 1.82. The average Bonchev–Trinajstić information content (AvgIpc) is 2.82. The van der Waals surface area contributed by atoms with Gasteiger partial charge in [-0.15, -0.1) is 12.4 Å². The van der Waals surface area contributed by atoms with E-state index in [0.29, 0.717) is 22.7 Å². The number of benzene rings is 1. The molecule has 1 atom stereocenters. The summed E-state index contributed by atoms with van der Waals surface area (Å²) in [7, 11) is 1.50. The minimum absolute atomic E-state index is 0. The molecule has 1 aromatic heterocycles. The van der Waals surface area contributed by atoms with Crippen molar-refractivity contribution in [3.05, 3.63) is 24.1 Å². The molecule has 2 aromatic rings. The molecule has 0 aliphatic carbocycles. The number of amides is 1. The number of fused-ring (bicyclic) bond motifs is 1. The third kappa shape index (κ3) is 4.19. The van der Waals surface area contributed by atoms with Crippen LogP contribution in [0.25, 0.3) is 11.1 Å². The topological polar surface area (TPSA) is 90.4 Å². The van der Waals surface area contributed by atoms with Crippen molar-refractivity contribution in [1.29, 1.82) is 0 Å². The lowest BCUT2D eigenvalue weighted by Gasteiger charge is -2.11. The van der Waals surface area contributed by atoms with Crippen LogP contribution in [0.5, 0.6) is 0 Å². The summed E-state index contributed by atoms with van der Waals surface area (Å²) in [5.74, 6) is 0.368. The second kappa shape index (κ2) is 7.09. The van der Waals surface area contributed by atoms with Gasteiger partial charge in [-0.1, -0.05) is 20.8 Å². The lowest BCUT2D eigenvalue weighted by atomic mass is 9.97. The molecule has 2 rings (SSSR count). The number of halogens is 1. The van der Waals surface area contributed by atoms with Crippen LogP contribution in [0.2, 0.25) is 0 Å². The van der Waals surface area contributed by atoms with Crippen LogP contribution in [-0.2, 0) is 14.9 Å². The summed E-state index contributed by atoms with van der Waals surface area (Å²) in [5.41, 5.74) is 7.55. The fourth-order valence-electron chi connectivity index (χ4n) is 1.82. The summed E-state index contributed by atoms with van der Waals surface area (Å²) in [6, 6.07) is 4.62. The van der Waals surface area contributed by atoms with Crippen LogP contribution in [0.4, 0.5) is 5.69 Å². The number of nitrogens with two attached hydrogens (primary N) is 1. The van der Waals surface area contributed by atoms with Crippen molar-refractivity contribution in [3.8, 4) is 0 Å². The Morgan fingerprint density at radius 3 is 2.73 bits per heavy atom. The molecule has 22 heavy (non-hydrogen) atoms. The van der Waals surface area contributed by atoms with Crippen molar-refractivity contribution in [2.45, 2.75) is 32.2 Å². The summed E-state index contributed by atoms with van der Waals surface area (Å²) in [6.45, 7) is 6.27. The Morgan fingerprint density at radius 2 is 2.14 bits per heavy atom. The molecule has 0 aliphatic heterocycles. The molecule has 1 amide bonds. The summed E-state index contributed by atoms with van der Waals surface area (Å²) in [4.78, 5) is 16.3. The predicted molar refractivity (Wildman–Crippen MR) is 88.4 cm³/mol. The van der Waals surface area contributed by atoms with Crippen LogP contribution in [0.3, 0.4) is 0 Å². The molecule has 7 heteroatoms. The molecule has 0 spiro atoms. The van der Waals surface area contributed by atoms with Crippen LogP contribution in [0, 0.1) is 0 Å². The molecule has 0 fully saturated rings. The van der Waals surface area contributed by atoms with Gasteiger partial charge in [0, 0.05) is 18.2 Å². The van der Waals surface area contributed by atoms with E-state index >= 15 is 0 Å².